The maximum atomic E-state index is 12.2. The molecule has 2 N–H and O–H groups in total. The molecule has 2 heterocycles. The number of fused-ring (bicyclic) bond motifs is 1. The molecule has 0 saturated heterocycles. The molecular formula is C11H18N4O3S. The second-order valence-corrected chi connectivity index (χ2v) is 7.11. The Morgan fingerprint density at radius 3 is 3.00 bits per heavy atom. The average molecular weight is 286 g/mol. The molecule has 8 heteroatoms. The van der Waals surface area contributed by atoms with Crippen molar-refractivity contribution >= 4 is 15.7 Å². The van der Waals surface area contributed by atoms with Crippen molar-refractivity contribution in [2.75, 3.05) is 25.6 Å². The minimum absolute atomic E-state index is 0.0182. The van der Waals surface area contributed by atoms with Gasteiger partial charge in [-0.2, -0.15) is 0 Å². The van der Waals surface area contributed by atoms with E-state index in [4.69, 9.17) is 0 Å². The molecular weight excluding hydrogens is 268 g/mol. The lowest BCUT2D eigenvalue weighted by molar-refractivity contribution is -0.132. The number of likely N-dealkylation sites (N-methyl/N-ethyl adjacent to an activating group) is 1. The number of imidazole rings is 1. The molecule has 0 aliphatic carbocycles. The molecule has 7 nitrogen and oxygen atoms in total. The number of aromatic amines is 1. The smallest absolute Gasteiger partial charge is 0.239 e. The van der Waals surface area contributed by atoms with Gasteiger partial charge in [-0.05, 0) is 0 Å². The summed E-state index contributed by atoms with van der Waals surface area (Å²) < 4.78 is 22.2. The van der Waals surface area contributed by atoms with Gasteiger partial charge in [-0.3, -0.25) is 10.1 Å². The summed E-state index contributed by atoms with van der Waals surface area (Å²) in [7, 11) is -1.43. The lowest BCUT2D eigenvalue weighted by Gasteiger charge is -2.26. The van der Waals surface area contributed by atoms with Gasteiger partial charge < -0.3 is 9.88 Å². The topological polar surface area (TPSA) is 95.2 Å². The number of H-pyrrole nitrogens is 1. The molecule has 1 amide bonds. The van der Waals surface area contributed by atoms with Gasteiger partial charge in [0, 0.05) is 32.8 Å². The van der Waals surface area contributed by atoms with Crippen LogP contribution >= 0.6 is 0 Å². The zero-order valence-corrected chi connectivity index (χ0v) is 11.8. The molecule has 0 spiro atoms. The highest BCUT2D eigenvalue weighted by molar-refractivity contribution is 7.90. The van der Waals surface area contributed by atoms with Crippen molar-refractivity contribution in [2.45, 2.75) is 19.0 Å². The largest absolute Gasteiger partial charge is 0.347 e. The number of nitrogens with one attached hydrogen (secondary N) is 2. The number of amides is 1. The van der Waals surface area contributed by atoms with Crippen LogP contribution in [0.4, 0.5) is 0 Å². The van der Waals surface area contributed by atoms with Crippen LogP contribution in [0.25, 0.3) is 0 Å². The minimum atomic E-state index is -3.05. The van der Waals surface area contributed by atoms with Crippen LogP contribution in [0.2, 0.25) is 0 Å². The van der Waals surface area contributed by atoms with Crippen molar-refractivity contribution in [1.29, 1.82) is 0 Å². The van der Waals surface area contributed by atoms with Crippen LogP contribution in [-0.2, 0) is 27.6 Å². The van der Waals surface area contributed by atoms with Gasteiger partial charge in [0.15, 0.2) is 0 Å². The van der Waals surface area contributed by atoms with Crippen LogP contribution in [0, 0.1) is 0 Å². The molecule has 0 saturated carbocycles. The third kappa shape index (κ3) is 3.54. The van der Waals surface area contributed by atoms with Gasteiger partial charge in [0.25, 0.3) is 0 Å². The molecule has 1 aliphatic heterocycles. The predicted molar refractivity (Wildman–Crippen MR) is 70.3 cm³/mol. The number of aromatic nitrogens is 2. The second-order valence-electron chi connectivity index (χ2n) is 4.86. The highest BCUT2D eigenvalue weighted by atomic mass is 32.2. The molecule has 0 bridgehead atoms. The van der Waals surface area contributed by atoms with Crippen LogP contribution in [0.3, 0.4) is 0 Å². The summed E-state index contributed by atoms with van der Waals surface area (Å²) in [5.74, 6) is -0.118. The first-order valence-electron chi connectivity index (χ1n) is 6.04. The number of hydrogen-bond acceptors (Lipinski definition) is 5. The molecule has 1 aliphatic rings. The maximum Gasteiger partial charge on any atom is 0.239 e. The van der Waals surface area contributed by atoms with Crippen molar-refractivity contribution < 1.29 is 13.2 Å². The Kier molecular flexibility index (Phi) is 3.91. The normalized spacial score (nSPS) is 18.9. The zero-order chi connectivity index (χ0) is 14.0. The third-order valence-corrected chi connectivity index (χ3v) is 4.13. The molecule has 19 heavy (non-hydrogen) atoms. The fraction of sp³-hybridized carbons (Fsp3) is 0.636. The quantitative estimate of drug-likeness (QED) is 0.734. The van der Waals surface area contributed by atoms with E-state index in [2.05, 4.69) is 15.3 Å². The van der Waals surface area contributed by atoms with E-state index in [0.717, 1.165) is 11.4 Å². The molecule has 1 unspecified atom stereocenters. The third-order valence-electron chi connectivity index (χ3n) is 3.20. The van der Waals surface area contributed by atoms with Crippen LogP contribution in [0.15, 0.2) is 6.33 Å². The van der Waals surface area contributed by atoms with E-state index in [9.17, 15) is 13.2 Å². The van der Waals surface area contributed by atoms with E-state index in [0.29, 0.717) is 13.0 Å². The van der Waals surface area contributed by atoms with Gasteiger partial charge in [-0.25, -0.2) is 13.4 Å². The van der Waals surface area contributed by atoms with E-state index in [-0.39, 0.29) is 24.2 Å². The van der Waals surface area contributed by atoms with Crippen LogP contribution < -0.4 is 5.32 Å². The molecule has 0 radical (unpaired) electrons. The SMILES string of the molecule is CN(CCS(C)(=O)=O)C(=O)C1Cc2nc[nH]c2CN1. The van der Waals surface area contributed by atoms with Gasteiger partial charge in [-0.15, -0.1) is 0 Å². The zero-order valence-electron chi connectivity index (χ0n) is 11.0. The van der Waals surface area contributed by atoms with Crippen molar-refractivity contribution in [1.82, 2.24) is 20.2 Å². The van der Waals surface area contributed by atoms with Gasteiger partial charge in [0.2, 0.25) is 5.91 Å². The average Bonchev–Trinajstić information content (AvgIpc) is 2.81. The number of carbonyl (C=O) groups is 1. The van der Waals surface area contributed by atoms with E-state index in [1.54, 1.807) is 13.4 Å². The van der Waals surface area contributed by atoms with E-state index in [1.807, 2.05) is 0 Å². The Morgan fingerprint density at radius 2 is 2.32 bits per heavy atom. The number of sulfone groups is 1. The van der Waals surface area contributed by atoms with Crippen LogP contribution in [0.5, 0.6) is 0 Å². The van der Waals surface area contributed by atoms with E-state index < -0.39 is 9.84 Å². The summed E-state index contributed by atoms with van der Waals surface area (Å²) in [6.07, 6.45) is 3.31. The first-order chi connectivity index (χ1) is 8.87. The Labute approximate surface area is 112 Å². The number of carbonyl (C=O) groups excluding carboxylic acids is 1. The Hall–Kier alpha value is -1.41. The predicted octanol–water partition coefficient (Wildman–Crippen LogP) is -1.07. The Bertz CT molecular complexity index is 566. The molecule has 0 fully saturated rings. The van der Waals surface area contributed by atoms with Crippen molar-refractivity contribution in [3.63, 3.8) is 0 Å². The number of nitrogens with zero attached hydrogens (tertiary/aromatic N) is 2. The number of rotatable bonds is 4. The molecule has 1 aromatic heterocycles. The standard InChI is InChI=1S/C11H18N4O3S/c1-15(3-4-19(2,17)18)11(16)9-5-8-10(6-12-9)14-7-13-8/h7,9,12H,3-6H2,1-2H3,(H,13,14). The van der Waals surface area contributed by atoms with Gasteiger partial charge >= 0.3 is 0 Å². The second kappa shape index (κ2) is 5.30. The first-order valence-corrected chi connectivity index (χ1v) is 8.10. The van der Waals surface area contributed by atoms with Crippen LogP contribution in [-0.4, -0.2) is 60.8 Å². The lowest BCUT2D eigenvalue weighted by Crippen LogP contribution is -2.49. The Morgan fingerprint density at radius 1 is 1.58 bits per heavy atom. The van der Waals surface area contributed by atoms with Gasteiger partial charge in [0.1, 0.15) is 9.84 Å². The lowest BCUT2D eigenvalue weighted by atomic mass is 10.0. The van der Waals surface area contributed by atoms with E-state index >= 15 is 0 Å². The highest BCUT2D eigenvalue weighted by Gasteiger charge is 2.28. The fourth-order valence-corrected chi connectivity index (χ4v) is 2.63. The van der Waals surface area contributed by atoms with Crippen LogP contribution in [0.1, 0.15) is 11.4 Å². The summed E-state index contributed by atoms with van der Waals surface area (Å²) in [4.78, 5) is 20.8. The minimum Gasteiger partial charge on any atom is -0.347 e. The van der Waals surface area contributed by atoms with Crippen molar-refractivity contribution in [3.8, 4) is 0 Å². The molecule has 2 rings (SSSR count). The van der Waals surface area contributed by atoms with Gasteiger partial charge in [0.05, 0.1) is 29.5 Å². The summed E-state index contributed by atoms with van der Waals surface area (Å²) >= 11 is 0. The fourth-order valence-electron chi connectivity index (χ4n) is 2.02. The van der Waals surface area contributed by atoms with Gasteiger partial charge in [-0.1, -0.05) is 0 Å². The monoisotopic (exact) mass is 286 g/mol. The first kappa shape index (κ1) is 14.0. The van der Waals surface area contributed by atoms with E-state index in [1.165, 1.54) is 11.2 Å². The maximum absolute atomic E-state index is 12.2. The molecule has 1 aromatic rings. The molecule has 1 atom stereocenters. The number of hydrogen-bond donors (Lipinski definition) is 2. The molecule has 0 aromatic carbocycles. The molecule has 106 valence electrons. The summed E-state index contributed by atoms with van der Waals surface area (Å²) in [6, 6.07) is -0.333. The summed E-state index contributed by atoms with van der Waals surface area (Å²) in [6.45, 7) is 0.787. The Balaban J connectivity index is 1.94. The van der Waals surface area contributed by atoms with Crippen molar-refractivity contribution in [3.05, 3.63) is 17.7 Å². The highest BCUT2D eigenvalue weighted by Crippen LogP contribution is 2.13. The van der Waals surface area contributed by atoms with Crippen molar-refractivity contribution in [2.24, 2.45) is 0 Å². The summed E-state index contributed by atoms with van der Waals surface area (Å²) in [5.41, 5.74) is 1.90. The summed E-state index contributed by atoms with van der Waals surface area (Å²) in [5, 5.41) is 3.13.